The highest BCUT2D eigenvalue weighted by Gasteiger charge is 2.13. The molecule has 2 rings (SSSR count). The van der Waals surface area contributed by atoms with E-state index in [1.165, 1.54) is 38.5 Å². The smallest absolute Gasteiger partial charge is 0.223 e. The lowest BCUT2D eigenvalue weighted by Crippen LogP contribution is -2.19. The lowest BCUT2D eigenvalue weighted by atomic mass is 10.1. The third-order valence-corrected chi connectivity index (χ3v) is 3.21. The van der Waals surface area contributed by atoms with Gasteiger partial charge in [-0.1, -0.05) is 25.7 Å². The highest BCUT2D eigenvalue weighted by Crippen LogP contribution is 2.21. The van der Waals surface area contributed by atoms with E-state index in [0.717, 1.165) is 11.6 Å². The Balaban J connectivity index is 2.03. The van der Waals surface area contributed by atoms with Crippen molar-refractivity contribution < 1.29 is 0 Å². The molecule has 0 spiro atoms. The first-order valence-electron chi connectivity index (χ1n) is 6.37. The van der Waals surface area contributed by atoms with Crippen LogP contribution in [0.5, 0.6) is 0 Å². The molecule has 4 N–H and O–H groups in total. The summed E-state index contributed by atoms with van der Waals surface area (Å²) in [5.74, 6) is 1.90. The van der Waals surface area contributed by atoms with Gasteiger partial charge in [0.05, 0.1) is 0 Å². The van der Waals surface area contributed by atoms with Crippen molar-refractivity contribution in [2.24, 2.45) is 0 Å². The average molecular weight is 235 g/mol. The van der Waals surface area contributed by atoms with E-state index in [2.05, 4.69) is 20.6 Å². The van der Waals surface area contributed by atoms with Gasteiger partial charge in [0.2, 0.25) is 5.95 Å². The van der Waals surface area contributed by atoms with Crippen molar-refractivity contribution in [1.29, 1.82) is 0 Å². The van der Waals surface area contributed by atoms with Gasteiger partial charge in [-0.3, -0.25) is 0 Å². The second-order valence-electron chi connectivity index (χ2n) is 4.58. The van der Waals surface area contributed by atoms with E-state index < -0.39 is 0 Å². The molecule has 0 unspecified atom stereocenters. The number of aromatic nitrogens is 2. The zero-order chi connectivity index (χ0) is 12.1. The molecule has 1 saturated carbocycles. The number of nitrogens with zero attached hydrogens (tertiary/aromatic N) is 2. The van der Waals surface area contributed by atoms with E-state index in [1.807, 2.05) is 13.1 Å². The predicted molar refractivity (Wildman–Crippen MR) is 71.1 cm³/mol. The summed E-state index contributed by atoms with van der Waals surface area (Å²) in [5, 5.41) is 6.45. The maximum Gasteiger partial charge on any atom is 0.223 e. The Morgan fingerprint density at radius 2 is 1.76 bits per heavy atom. The number of anilines is 3. The zero-order valence-corrected chi connectivity index (χ0v) is 10.4. The van der Waals surface area contributed by atoms with Crippen molar-refractivity contribution in [1.82, 2.24) is 9.97 Å². The van der Waals surface area contributed by atoms with Gasteiger partial charge in [-0.05, 0) is 12.8 Å². The topological polar surface area (TPSA) is 75.9 Å². The van der Waals surface area contributed by atoms with Crippen molar-refractivity contribution in [2.45, 2.75) is 44.6 Å². The standard InChI is InChI=1S/C12H21N5/c1-14-10-8-11(17-12(13)16-10)15-9-6-4-2-3-5-7-9/h8-9H,2-7H2,1H3,(H4,13,14,15,16,17). The van der Waals surface area contributed by atoms with E-state index in [4.69, 9.17) is 5.73 Å². The summed E-state index contributed by atoms with van der Waals surface area (Å²) in [6.45, 7) is 0. The SMILES string of the molecule is CNc1cc(NC2CCCCCC2)nc(N)n1. The van der Waals surface area contributed by atoms with E-state index in [0.29, 0.717) is 12.0 Å². The quantitative estimate of drug-likeness (QED) is 0.700. The van der Waals surface area contributed by atoms with Crippen LogP contribution in [0.3, 0.4) is 0 Å². The zero-order valence-electron chi connectivity index (χ0n) is 10.4. The van der Waals surface area contributed by atoms with Crippen molar-refractivity contribution in [3.05, 3.63) is 6.07 Å². The summed E-state index contributed by atoms with van der Waals surface area (Å²) in [7, 11) is 1.83. The molecule has 94 valence electrons. The van der Waals surface area contributed by atoms with Gasteiger partial charge in [-0.25, -0.2) is 0 Å². The summed E-state index contributed by atoms with van der Waals surface area (Å²) in [6, 6.07) is 2.43. The van der Waals surface area contributed by atoms with Gasteiger partial charge in [-0.2, -0.15) is 9.97 Å². The molecule has 5 nitrogen and oxygen atoms in total. The molecular formula is C12H21N5. The van der Waals surface area contributed by atoms with Crippen molar-refractivity contribution >= 4 is 17.6 Å². The average Bonchev–Trinajstić information content (AvgIpc) is 2.57. The fourth-order valence-corrected chi connectivity index (χ4v) is 2.30. The first kappa shape index (κ1) is 12.0. The van der Waals surface area contributed by atoms with E-state index in [-0.39, 0.29) is 0 Å². The van der Waals surface area contributed by atoms with Gasteiger partial charge in [0, 0.05) is 19.2 Å². The van der Waals surface area contributed by atoms with Crippen LogP contribution in [-0.2, 0) is 0 Å². The normalized spacial score (nSPS) is 17.5. The lowest BCUT2D eigenvalue weighted by molar-refractivity contribution is 0.617. The highest BCUT2D eigenvalue weighted by molar-refractivity contribution is 5.51. The van der Waals surface area contributed by atoms with Crippen LogP contribution < -0.4 is 16.4 Å². The highest BCUT2D eigenvalue weighted by atomic mass is 15.1. The third-order valence-electron chi connectivity index (χ3n) is 3.21. The second kappa shape index (κ2) is 5.70. The van der Waals surface area contributed by atoms with Crippen molar-refractivity contribution in [2.75, 3.05) is 23.4 Å². The molecule has 5 heteroatoms. The Bertz CT molecular complexity index is 358. The molecule has 1 heterocycles. The third kappa shape index (κ3) is 3.47. The van der Waals surface area contributed by atoms with Crippen LogP contribution in [0.4, 0.5) is 17.6 Å². The molecule has 0 atom stereocenters. The summed E-state index contributed by atoms with van der Waals surface area (Å²) >= 11 is 0. The molecule has 1 aromatic rings. The number of rotatable bonds is 3. The first-order valence-corrected chi connectivity index (χ1v) is 6.37. The van der Waals surface area contributed by atoms with Crippen molar-refractivity contribution in [3.8, 4) is 0 Å². The molecule has 1 aliphatic carbocycles. The van der Waals surface area contributed by atoms with Crippen LogP contribution in [0.1, 0.15) is 38.5 Å². The number of hydrogen-bond donors (Lipinski definition) is 3. The molecule has 0 aromatic carbocycles. The van der Waals surface area contributed by atoms with Crippen molar-refractivity contribution in [3.63, 3.8) is 0 Å². The molecule has 1 aliphatic rings. The molecule has 17 heavy (non-hydrogen) atoms. The van der Waals surface area contributed by atoms with Crippen LogP contribution >= 0.6 is 0 Å². The van der Waals surface area contributed by atoms with Crippen LogP contribution in [-0.4, -0.2) is 23.1 Å². The van der Waals surface area contributed by atoms with E-state index in [9.17, 15) is 0 Å². The summed E-state index contributed by atoms with van der Waals surface area (Å²) in [5.41, 5.74) is 5.67. The minimum atomic E-state index is 0.313. The fourth-order valence-electron chi connectivity index (χ4n) is 2.30. The van der Waals surface area contributed by atoms with Gasteiger partial charge in [0.15, 0.2) is 0 Å². The molecule has 0 saturated heterocycles. The van der Waals surface area contributed by atoms with Gasteiger partial charge in [0.25, 0.3) is 0 Å². The van der Waals surface area contributed by atoms with Gasteiger partial charge < -0.3 is 16.4 Å². The Morgan fingerprint density at radius 1 is 1.12 bits per heavy atom. The van der Waals surface area contributed by atoms with Crippen LogP contribution in [0.15, 0.2) is 6.07 Å². The Morgan fingerprint density at radius 3 is 2.41 bits per heavy atom. The lowest BCUT2D eigenvalue weighted by Gasteiger charge is -2.17. The fraction of sp³-hybridized carbons (Fsp3) is 0.667. The number of nitrogens with one attached hydrogen (secondary N) is 2. The van der Waals surface area contributed by atoms with E-state index in [1.54, 1.807) is 0 Å². The Labute approximate surface area is 102 Å². The predicted octanol–water partition coefficient (Wildman–Crippen LogP) is 2.24. The molecule has 0 bridgehead atoms. The molecule has 0 amide bonds. The van der Waals surface area contributed by atoms with E-state index >= 15 is 0 Å². The maximum absolute atomic E-state index is 5.67. The van der Waals surface area contributed by atoms with Crippen LogP contribution in [0.2, 0.25) is 0 Å². The Hall–Kier alpha value is -1.52. The monoisotopic (exact) mass is 235 g/mol. The molecular weight excluding hydrogens is 214 g/mol. The molecule has 1 fully saturated rings. The summed E-state index contributed by atoms with van der Waals surface area (Å²) in [6.07, 6.45) is 7.75. The number of nitrogens with two attached hydrogens (primary N) is 1. The number of nitrogen functional groups attached to an aromatic ring is 1. The minimum Gasteiger partial charge on any atom is -0.373 e. The molecule has 1 aromatic heterocycles. The largest absolute Gasteiger partial charge is 0.373 e. The van der Waals surface area contributed by atoms with Gasteiger partial charge in [0.1, 0.15) is 11.6 Å². The maximum atomic E-state index is 5.67. The minimum absolute atomic E-state index is 0.313. The van der Waals surface area contributed by atoms with Crippen LogP contribution in [0.25, 0.3) is 0 Å². The summed E-state index contributed by atoms with van der Waals surface area (Å²) in [4.78, 5) is 8.30. The Kier molecular flexibility index (Phi) is 4.01. The second-order valence-corrected chi connectivity index (χ2v) is 4.58. The molecule has 0 radical (unpaired) electrons. The molecule has 0 aliphatic heterocycles. The van der Waals surface area contributed by atoms with Gasteiger partial charge >= 0.3 is 0 Å². The van der Waals surface area contributed by atoms with Crippen LogP contribution in [0, 0.1) is 0 Å². The van der Waals surface area contributed by atoms with Gasteiger partial charge in [-0.15, -0.1) is 0 Å². The number of hydrogen-bond acceptors (Lipinski definition) is 5. The first-order chi connectivity index (χ1) is 8.28. The summed E-state index contributed by atoms with van der Waals surface area (Å²) < 4.78 is 0.